The fourth-order valence-corrected chi connectivity index (χ4v) is 4.99. The van der Waals surface area contributed by atoms with E-state index in [2.05, 4.69) is 51.5 Å². The summed E-state index contributed by atoms with van der Waals surface area (Å²) in [6, 6.07) is 47.8. The molecule has 1 amide bonds. The van der Waals surface area contributed by atoms with Gasteiger partial charge in [0.1, 0.15) is 6.61 Å². The lowest BCUT2D eigenvalue weighted by Gasteiger charge is -2.15. The zero-order valence-electron chi connectivity index (χ0n) is 24.3. The van der Waals surface area contributed by atoms with Gasteiger partial charge in [-0.15, -0.1) is 0 Å². The van der Waals surface area contributed by atoms with Crippen LogP contribution in [0.25, 0.3) is 28.2 Å². The summed E-state index contributed by atoms with van der Waals surface area (Å²) in [4.78, 5) is 12.9. The maximum absolute atomic E-state index is 12.9. The lowest BCUT2D eigenvalue weighted by atomic mass is 10.1. The van der Waals surface area contributed by atoms with Gasteiger partial charge in [0.25, 0.3) is 5.91 Å². The highest BCUT2D eigenvalue weighted by Crippen LogP contribution is 2.32. The minimum atomic E-state index is -0.304. The molecule has 0 radical (unpaired) electrons. The van der Waals surface area contributed by atoms with Crippen LogP contribution in [-0.4, -0.2) is 23.8 Å². The molecule has 5 aromatic carbocycles. The van der Waals surface area contributed by atoms with Crippen LogP contribution in [0.15, 0.2) is 151 Å². The van der Waals surface area contributed by atoms with Crippen molar-refractivity contribution in [1.82, 2.24) is 9.99 Å². The van der Waals surface area contributed by atoms with Gasteiger partial charge >= 0.3 is 0 Å². The van der Waals surface area contributed by atoms with E-state index in [1.807, 2.05) is 109 Å². The number of amides is 1. The molecule has 6 rings (SSSR count). The molecule has 0 aliphatic rings. The molecule has 1 aromatic heterocycles. The highest BCUT2D eigenvalue weighted by atomic mass is 16.5. The van der Waals surface area contributed by atoms with E-state index in [0.29, 0.717) is 23.7 Å². The van der Waals surface area contributed by atoms with Crippen LogP contribution < -0.4 is 14.9 Å². The first-order valence-corrected chi connectivity index (χ1v) is 14.3. The summed E-state index contributed by atoms with van der Waals surface area (Å²) in [6.07, 6.45) is 1.58. The number of aromatic nitrogens is 1. The van der Waals surface area contributed by atoms with Gasteiger partial charge in [-0.05, 0) is 76.9 Å². The van der Waals surface area contributed by atoms with Crippen LogP contribution in [0.1, 0.15) is 21.5 Å². The van der Waals surface area contributed by atoms with Crippen molar-refractivity contribution in [2.75, 3.05) is 7.11 Å². The molecule has 1 N–H and O–H groups in total. The molecule has 0 saturated heterocycles. The van der Waals surface area contributed by atoms with Crippen LogP contribution in [-0.2, 0) is 6.61 Å². The zero-order chi connectivity index (χ0) is 30.1. The smallest absolute Gasteiger partial charge is 0.271 e. The Morgan fingerprint density at radius 1 is 0.705 bits per heavy atom. The minimum absolute atomic E-state index is 0.304. The Labute approximate surface area is 256 Å². The second kappa shape index (κ2) is 13.4. The second-order valence-electron chi connectivity index (χ2n) is 10.1. The summed E-state index contributed by atoms with van der Waals surface area (Å²) in [5.41, 5.74) is 10.3. The number of methoxy groups -OCH3 is 1. The predicted octanol–water partition coefficient (Wildman–Crippen LogP) is 8.16. The van der Waals surface area contributed by atoms with Gasteiger partial charge in [-0.1, -0.05) is 91.0 Å². The van der Waals surface area contributed by atoms with Crippen LogP contribution in [0, 0.1) is 0 Å². The van der Waals surface area contributed by atoms with Gasteiger partial charge in [0.2, 0.25) is 0 Å². The third-order valence-electron chi connectivity index (χ3n) is 7.21. The number of hydrazone groups is 1. The monoisotopic (exact) mass is 577 g/mol. The zero-order valence-corrected chi connectivity index (χ0v) is 24.3. The molecule has 6 heteroatoms. The number of hydrogen-bond acceptors (Lipinski definition) is 4. The van der Waals surface area contributed by atoms with Crippen molar-refractivity contribution >= 4 is 12.1 Å². The van der Waals surface area contributed by atoms with Crippen molar-refractivity contribution in [2.24, 2.45) is 5.10 Å². The molecule has 0 spiro atoms. The second-order valence-corrected chi connectivity index (χ2v) is 10.1. The number of nitrogens with one attached hydrogen (secondary N) is 1. The number of benzene rings is 5. The van der Waals surface area contributed by atoms with Gasteiger partial charge < -0.3 is 14.0 Å². The average molecular weight is 578 g/mol. The molecule has 0 aliphatic heterocycles. The largest absolute Gasteiger partial charge is 0.493 e. The van der Waals surface area contributed by atoms with E-state index < -0.39 is 0 Å². The molecule has 6 nitrogen and oxygen atoms in total. The Morgan fingerprint density at radius 2 is 1.30 bits per heavy atom. The van der Waals surface area contributed by atoms with Crippen LogP contribution in [0.2, 0.25) is 0 Å². The molecule has 44 heavy (non-hydrogen) atoms. The molecule has 0 atom stereocenters. The quantitative estimate of drug-likeness (QED) is 0.132. The Hall–Kier alpha value is -5.88. The minimum Gasteiger partial charge on any atom is -0.493 e. The summed E-state index contributed by atoms with van der Waals surface area (Å²) in [5, 5.41) is 4.17. The Balaban J connectivity index is 1.16. The molecule has 0 aliphatic carbocycles. The summed E-state index contributed by atoms with van der Waals surface area (Å²) >= 11 is 0. The van der Waals surface area contributed by atoms with Crippen LogP contribution in [0.4, 0.5) is 0 Å². The Kier molecular flexibility index (Phi) is 8.60. The molecule has 0 fully saturated rings. The van der Waals surface area contributed by atoms with Crippen molar-refractivity contribution in [1.29, 1.82) is 0 Å². The van der Waals surface area contributed by atoms with Crippen molar-refractivity contribution in [3.63, 3.8) is 0 Å². The number of rotatable bonds is 10. The number of hydrogen-bond donors (Lipinski definition) is 1. The average Bonchev–Trinajstić information content (AvgIpc) is 3.54. The topological polar surface area (TPSA) is 64.8 Å². The van der Waals surface area contributed by atoms with Crippen molar-refractivity contribution < 1.29 is 14.3 Å². The van der Waals surface area contributed by atoms with Crippen LogP contribution in [0.3, 0.4) is 0 Å². The molecule has 0 saturated carbocycles. The Bertz CT molecular complexity index is 1810. The number of carbonyl (C=O) groups is 1. The summed E-state index contributed by atoms with van der Waals surface area (Å²) in [5.74, 6) is 0.911. The maximum atomic E-state index is 12.9. The van der Waals surface area contributed by atoms with E-state index in [0.717, 1.165) is 39.3 Å². The number of ether oxygens (including phenoxy) is 2. The van der Waals surface area contributed by atoms with Gasteiger partial charge in [0, 0.05) is 11.3 Å². The maximum Gasteiger partial charge on any atom is 0.271 e. The number of nitrogens with zero attached hydrogens (tertiary/aromatic N) is 2. The van der Waals surface area contributed by atoms with Crippen LogP contribution in [0.5, 0.6) is 11.5 Å². The first-order valence-electron chi connectivity index (χ1n) is 14.3. The molecular formula is C38H31N3O3. The van der Waals surface area contributed by atoms with E-state index in [1.165, 1.54) is 0 Å². The molecule has 6 aromatic rings. The van der Waals surface area contributed by atoms with E-state index in [9.17, 15) is 4.79 Å². The lowest BCUT2D eigenvalue weighted by Crippen LogP contribution is -2.17. The third-order valence-corrected chi connectivity index (χ3v) is 7.21. The van der Waals surface area contributed by atoms with Crippen LogP contribution >= 0.6 is 0 Å². The highest BCUT2D eigenvalue weighted by molar-refractivity contribution is 5.95. The molecule has 0 unspecified atom stereocenters. The summed E-state index contributed by atoms with van der Waals surface area (Å²) in [6.45, 7) is 0.435. The molecule has 0 bridgehead atoms. The lowest BCUT2D eigenvalue weighted by molar-refractivity contribution is 0.0955. The van der Waals surface area contributed by atoms with Gasteiger partial charge in [0.05, 0.1) is 24.7 Å². The summed E-state index contributed by atoms with van der Waals surface area (Å²) < 4.78 is 13.7. The number of carbonyl (C=O) groups excluding carboxylic acids is 1. The standard InChI is InChI=1S/C38H31N3O3/c1-43-37-25-29(17-24-36(37)44-27-28-11-5-2-6-12-28)26-39-40-38(42)32-18-20-33(21-19-32)41-34(30-13-7-3-8-14-30)22-23-35(41)31-15-9-4-10-16-31/h2-26H,27H2,1H3,(H,40,42)/b39-26+. The summed E-state index contributed by atoms with van der Waals surface area (Å²) in [7, 11) is 1.59. The van der Waals surface area contributed by atoms with Gasteiger partial charge in [-0.3, -0.25) is 4.79 Å². The first kappa shape index (κ1) is 28.2. The fourth-order valence-electron chi connectivity index (χ4n) is 4.99. The van der Waals surface area contributed by atoms with Gasteiger partial charge in [0.15, 0.2) is 11.5 Å². The van der Waals surface area contributed by atoms with Gasteiger partial charge in [-0.25, -0.2) is 5.43 Å². The van der Waals surface area contributed by atoms with Gasteiger partial charge in [-0.2, -0.15) is 5.10 Å². The van der Waals surface area contributed by atoms with Crippen molar-refractivity contribution in [2.45, 2.75) is 6.61 Å². The fraction of sp³-hybridized carbons (Fsp3) is 0.0526. The first-order chi connectivity index (χ1) is 21.7. The third kappa shape index (κ3) is 6.45. The highest BCUT2D eigenvalue weighted by Gasteiger charge is 2.14. The SMILES string of the molecule is COc1cc(/C=N/NC(=O)c2ccc(-n3c(-c4ccccc4)ccc3-c3ccccc3)cc2)ccc1OCc1ccccc1. The molecular weight excluding hydrogens is 546 g/mol. The van der Waals surface area contributed by atoms with Crippen molar-refractivity contribution in [3.05, 3.63) is 162 Å². The normalized spacial score (nSPS) is 10.9. The molecule has 216 valence electrons. The van der Waals surface area contributed by atoms with E-state index >= 15 is 0 Å². The van der Waals surface area contributed by atoms with E-state index in [1.54, 1.807) is 13.3 Å². The van der Waals surface area contributed by atoms with Crippen molar-refractivity contribution in [3.8, 4) is 39.7 Å². The van der Waals surface area contributed by atoms with E-state index in [4.69, 9.17) is 9.47 Å². The molecule has 1 heterocycles. The van der Waals surface area contributed by atoms with E-state index in [-0.39, 0.29) is 5.91 Å². The predicted molar refractivity (Wildman–Crippen MR) is 175 cm³/mol. The Morgan fingerprint density at radius 3 is 1.89 bits per heavy atom.